The van der Waals surface area contributed by atoms with Gasteiger partial charge >= 0.3 is 0 Å². The predicted octanol–water partition coefficient (Wildman–Crippen LogP) is 5.05. The molecule has 4 aliphatic rings. The minimum Gasteiger partial charge on any atom is -0.484 e. The zero-order chi connectivity index (χ0) is 20.9. The monoisotopic (exact) mass is 411 g/mol. The zero-order valence-electron chi connectivity index (χ0n) is 18.6. The molecule has 1 heterocycles. The van der Waals surface area contributed by atoms with Crippen molar-refractivity contribution < 1.29 is 14.6 Å². The molecule has 1 unspecified atom stereocenters. The molecule has 30 heavy (non-hydrogen) atoms. The van der Waals surface area contributed by atoms with Crippen LogP contribution in [0.1, 0.15) is 71.6 Å². The molecule has 0 aromatic carbocycles. The summed E-state index contributed by atoms with van der Waals surface area (Å²) in [6.07, 6.45) is 13.7. The summed E-state index contributed by atoms with van der Waals surface area (Å²) < 4.78 is 5.77. The molecule has 0 radical (unpaired) electrons. The van der Waals surface area contributed by atoms with Crippen LogP contribution in [0.2, 0.25) is 0 Å². The maximum absolute atomic E-state index is 13.2. The fraction of sp³-hybridized carbons (Fsp3) is 0.769. The van der Waals surface area contributed by atoms with E-state index in [1.165, 1.54) is 38.5 Å². The maximum atomic E-state index is 13.2. The van der Waals surface area contributed by atoms with Crippen molar-refractivity contribution in [2.24, 2.45) is 40.4 Å². The first kappa shape index (κ1) is 20.5. The first-order valence-electron chi connectivity index (χ1n) is 12.2. The van der Waals surface area contributed by atoms with E-state index in [-0.39, 0.29) is 29.8 Å². The number of nitrogens with zero attached hydrogens (tertiary/aromatic N) is 1. The summed E-state index contributed by atoms with van der Waals surface area (Å²) in [5.74, 6) is 4.01. The number of aliphatic hydroxyl groups is 1. The number of carbonyl (C=O) groups excluding carboxylic acids is 1. The number of aromatic nitrogens is 1. The summed E-state index contributed by atoms with van der Waals surface area (Å²) in [5.41, 5.74) is 0.531. The van der Waals surface area contributed by atoms with Gasteiger partial charge in [0, 0.05) is 12.1 Å². The normalized spacial score (nSPS) is 45.2. The van der Waals surface area contributed by atoms with Gasteiger partial charge in [-0.1, -0.05) is 13.8 Å². The molecule has 0 saturated heterocycles. The minimum atomic E-state index is -0.0817. The smallest absolute Gasteiger partial charge is 0.173 e. The van der Waals surface area contributed by atoms with Gasteiger partial charge in [-0.2, -0.15) is 0 Å². The van der Waals surface area contributed by atoms with Crippen molar-refractivity contribution in [1.29, 1.82) is 0 Å². The van der Waals surface area contributed by atoms with Crippen molar-refractivity contribution in [3.63, 3.8) is 0 Å². The summed E-state index contributed by atoms with van der Waals surface area (Å²) in [6.45, 7) is 5.11. The van der Waals surface area contributed by atoms with Gasteiger partial charge in [-0.25, -0.2) is 0 Å². The third-order valence-electron chi connectivity index (χ3n) is 10.0. The molecule has 1 aromatic rings. The Labute approximate surface area is 180 Å². The zero-order valence-corrected chi connectivity index (χ0v) is 18.6. The number of ether oxygens (including phenoxy) is 1. The molecule has 0 aliphatic heterocycles. The van der Waals surface area contributed by atoms with E-state index in [0.717, 1.165) is 31.1 Å². The van der Waals surface area contributed by atoms with E-state index >= 15 is 0 Å². The second-order valence-corrected chi connectivity index (χ2v) is 11.2. The molecule has 0 bridgehead atoms. The van der Waals surface area contributed by atoms with Crippen molar-refractivity contribution >= 4 is 5.78 Å². The molecular formula is C26H37NO3. The van der Waals surface area contributed by atoms with Gasteiger partial charge in [0.15, 0.2) is 5.78 Å². The quantitative estimate of drug-likeness (QED) is 0.753. The van der Waals surface area contributed by atoms with Crippen LogP contribution in [0.3, 0.4) is 0 Å². The van der Waals surface area contributed by atoms with Crippen molar-refractivity contribution in [2.75, 3.05) is 6.61 Å². The summed E-state index contributed by atoms with van der Waals surface area (Å²) in [4.78, 5) is 17.3. The van der Waals surface area contributed by atoms with Crippen LogP contribution < -0.4 is 4.74 Å². The molecule has 0 amide bonds. The van der Waals surface area contributed by atoms with Gasteiger partial charge < -0.3 is 9.84 Å². The highest BCUT2D eigenvalue weighted by molar-refractivity contribution is 5.83. The second kappa shape index (κ2) is 7.62. The van der Waals surface area contributed by atoms with Crippen molar-refractivity contribution in [1.82, 2.24) is 4.98 Å². The first-order chi connectivity index (χ1) is 14.4. The molecule has 164 valence electrons. The molecule has 4 heteroatoms. The molecule has 1 N–H and O–H groups in total. The third kappa shape index (κ3) is 3.21. The number of hydrogen-bond donors (Lipinski definition) is 1. The number of rotatable bonds is 4. The Bertz CT molecular complexity index is 782. The number of pyridine rings is 1. The van der Waals surface area contributed by atoms with Crippen LogP contribution >= 0.6 is 0 Å². The van der Waals surface area contributed by atoms with Crippen LogP contribution in [-0.2, 0) is 4.79 Å². The van der Waals surface area contributed by atoms with Crippen LogP contribution in [0.25, 0.3) is 0 Å². The third-order valence-corrected chi connectivity index (χ3v) is 10.0. The minimum absolute atomic E-state index is 0.0817. The number of carbonyl (C=O) groups is 1. The largest absolute Gasteiger partial charge is 0.484 e. The van der Waals surface area contributed by atoms with Crippen molar-refractivity contribution in [2.45, 2.75) is 77.7 Å². The number of hydrogen-bond acceptors (Lipinski definition) is 4. The molecule has 0 spiro atoms. The van der Waals surface area contributed by atoms with Gasteiger partial charge in [0.05, 0.1) is 12.3 Å². The lowest BCUT2D eigenvalue weighted by atomic mass is 9.44. The Morgan fingerprint density at radius 1 is 1.10 bits per heavy atom. The van der Waals surface area contributed by atoms with Crippen LogP contribution in [0.5, 0.6) is 5.75 Å². The fourth-order valence-corrected chi connectivity index (χ4v) is 8.45. The van der Waals surface area contributed by atoms with E-state index in [9.17, 15) is 9.90 Å². The number of ketones is 1. The lowest BCUT2D eigenvalue weighted by Crippen LogP contribution is -2.54. The van der Waals surface area contributed by atoms with E-state index in [1.807, 2.05) is 12.1 Å². The Morgan fingerprint density at radius 2 is 1.90 bits per heavy atom. The highest BCUT2D eigenvalue weighted by Crippen LogP contribution is 2.67. The standard InChI is InChI=1S/C26H37NO3/c1-25-11-9-18(28)14-17(25)5-6-20-21-7-8-23(26(21,2)12-10-22(20)25)24(29)16-30-19-4-3-13-27-15-19/h3-4,13,15,17-18,20-23,28H,5-12,14,16H2,1-2H3/t17-,18?,20+,21+,22+,23-,25+,26+/m1/s1. The second-order valence-electron chi connectivity index (χ2n) is 11.2. The Hall–Kier alpha value is -1.42. The van der Waals surface area contributed by atoms with Crippen LogP contribution in [-0.4, -0.2) is 28.6 Å². The lowest BCUT2D eigenvalue weighted by molar-refractivity contribution is -0.141. The summed E-state index contributed by atoms with van der Waals surface area (Å²) in [6, 6.07) is 3.71. The molecular weight excluding hydrogens is 374 g/mol. The van der Waals surface area contributed by atoms with Crippen molar-refractivity contribution in [3.05, 3.63) is 24.5 Å². The number of Topliss-reactive ketones (excluding diaryl/α,β-unsaturated/α-hetero) is 1. The maximum Gasteiger partial charge on any atom is 0.173 e. The highest BCUT2D eigenvalue weighted by atomic mass is 16.5. The van der Waals surface area contributed by atoms with Gasteiger partial charge in [-0.05, 0) is 104 Å². The topological polar surface area (TPSA) is 59.4 Å². The van der Waals surface area contributed by atoms with Gasteiger partial charge in [-0.3, -0.25) is 9.78 Å². The molecule has 5 rings (SSSR count). The van der Waals surface area contributed by atoms with Crippen LogP contribution in [0.15, 0.2) is 24.5 Å². The Balaban J connectivity index is 1.30. The van der Waals surface area contributed by atoms with Gasteiger partial charge in [0.1, 0.15) is 12.4 Å². The van der Waals surface area contributed by atoms with Crippen molar-refractivity contribution in [3.8, 4) is 5.75 Å². The molecule has 4 saturated carbocycles. The predicted molar refractivity (Wildman–Crippen MR) is 116 cm³/mol. The average Bonchev–Trinajstić information content (AvgIpc) is 3.10. The summed E-state index contributed by atoms with van der Waals surface area (Å²) in [5, 5.41) is 10.2. The van der Waals surface area contributed by atoms with Crippen LogP contribution in [0, 0.1) is 40.4 Å². The first-order valence-corrected chi connectivity index (χ1v) is 12.2. The molecule has 8 atom stereocenters. The number of fused-ring (bicyclic) bond motifs is 5. The van der Waals surface area contributed by atoms with E-state index in [1.54, 1.807) is 12.4 Å². The van der Waals surface area contributed by atoms with Gasteiger partial charge in [-0.15, -0.1) is 0 Å². The Morgan fingerprint density at radius 3 is 2.70 bits per heavy atom. The lowest BCUT2D eigenvalue weighted by Gasteiger charge is -2.60. The number of aliphatic hydroxyl groups excluding tert-OH is 1. The van der Waals surface area contributed by atoms with E-state index in [0.29, 0.717) is 23.0 Å². The van der Waals surface area contributed by atoms with E-state index in [4.69, 9.17) is 4.74 Å². The van der Waals surface area contributed by atoms with E-state index < -0.39 is 0 Å². The van der Waals surface area contributed by atoms with E-state index in [2.05, 4.69) is 18.8 Å². The van der Waals surface area contributed by atoms with Gasteiger partial charge in [0.25, 0.3) is 0 Å². The molecule has 4 fully saturated rings. The highest BCUT2D eigenvalue weighted by Gasteiger charge is 2.61. The van der Waals surface area contributed by atoms with Gasteiger partial charge in [0.2, 0.25) is 0 Å². The Kier molecular flexibility index (Phi) is 5.20. The fourth-order valence-electron chi connectivity index (χ4n) is 8.45. The summed E-state index contributed by atoms with van der Waals surface area (Å²) in [7, 11) is 0. The molecule has 4 aliphatic carbocycles. The molecule has 4 nitrogen and oxygen atoms in total. The van der Waals surface area contributed by atoms with Crippen LogP contribution in [0.4, 0.5) is 0 Å². The summed E-state index contributed by atoms with van der Waals surface area (Å²) >= 11 is 0. The average molecular weight is 412 g/mol. The molecule has 1 aromatic heterocycles. The SMILES string of the molecule is C[C@]12CCC(O)C[C@H]1CC[C@@H]1[C@@H]2CC[C@]2(C)[C@@H](C(=O)COc3cccnc3)CC[C@@H]12.